The monoisotopic (exact) mass is 378 g/mol. The summed E-state index contributed by atoms with van der Waals surface area (Å²) in [7, 11) is 0. The van der Waals surface area contributed by atoms with E-state index < -0.39 is 0 Å². The van der Waals surface area contributed by atoms with E-state index in [2.05, 4.69) is 19.2 Å². The van der Waals surface area contributed by atoms with Crippen molar-refractivity contribution in [2.24, 2.45) is 5.92 Å². The van der Waals surface area contributed by atoms with Crippen molar-refractivity contribution in [2.75, 3.05) is 5.32 Å². The van der Waals surface area contributed by atoms with Crippen molar-refractivity contribution < 1.29 is 14.4 Å². The zero-order valence-electron chi connectivity index (χ0n) is 16.4. The number of benzene rings is 2. The Hall–Kier alpha value is -2.95. The van der Waals surface area contributed by atoms with Crippen LogP contribution in [0.15, 0.2) is 54.6 Å². The Morgan fingerprint density at radius 2 is 1.61 bits per heavy atom. The first-order chi connectivity index (χ1) is 13.5. The van der Waals surface area contributed by atoms with Crippen LogP contribution in [-0.2, 0) is 20.9 Å². The van der Waals surface area contributed by atoms with Crippen molar-refractivity contribution in [1.82, 2.24) is 4.90 Å². The third-order valence-electron chi connectivity index (χ3n) is 5.37. The lowest BCUT2D eigenvalue weighted by Gasteiger charge is -2.23. The lowest BCUT2D eigenvalue weighted by Crippen LogP contribution is -2.28. The van der Waals surface area contributed by atoms with E-state index in [1.54, 1.807) is 0 Å². The molecule has 0 aromatic heterocycles. The Kier molecular flexibility index (Phi) is 6.24. The van der Waals surface area contributed by atoms with Gasteiger partial charge in [0.2, 0.25) is 17.7 Å². The lowest BCUT2D eigenvalue weighted by atomic mass is 9.85. The van der Waals surface area contributed by atoms with E-state index in [4.69, 9.17) is 0 Å². The van der Waals surface area contributed by atoms with E-state index in [-0.39, 0.29) is 36.1 Å². The molecule has 1 aliphatic heterocycles. The molecule has 0 radical (unpaired) electrons. The highest BCUT2D eigenvalue weighted by Gasteiger charge is 2.29. The number of imide groups is 1. The molecule has 1 aliphatic rings. The fourth-order valence-corrected chi connectivity index (χ4v) is 3.53. The minimum atomic E-state index is -0.217. The maximum Gasteiger partial charge on any atom is 0.232 e. The van der Waals surface area contributed by atoms with E-state index in [1.807, 2.05) is 54.6 Å². The highest BCUT2D eigenvalue weighted by molar-refractivity contribution is 6.01. The summed E-state index contributed by atoms with van der Waals surface area (Å²) in [5, 5.41) is 3.01. The van der Waals surface area contributed by atoms with Gasteiger partial charge in [0, 0.05) is 18.5 Å². The van der Waals surface area contributed by atoms with Crippen LogP contribution in [0, 0.1) is 5.92 Å². The van der Waals surface area contributed by atoms with Crippen molar-refractivity contribution in [3.63, 3.8) is 0 Å². The van der Waals surface area contributed by atoms with Gasteiger partial charge in [-0.25, -0.2) is 0 Å². The second kappa shape index (κ2) is 8.83. The largest absolute Gasteiger partial charge is 0.326 e. The zero-order chi connectivity index (χ0) is 20.1. The third-order valence-corrected chi connectivity index (χ3v) is 5.37. The summed E-state index contributed by atoms with van der Waals surface area (Å²) in [5.41, 5.74) is 2.58. The summed E-state index contributed by atoms with van der Waals surface area (Å²) in [4.78, 5) is 37.8. The van der Waals surface area contributed by atoms with E-state index in [0.29, 0.717) is 18.5 Å². The molecule has 2 aromatic rings. The standard InChI is InChI=1S/C23H26N2O3/c1-3-16(2)22(18-7-5-4-6-8-18)23(28)24-19-11-9-17(10-12-19)15-25-20(26)13-14-21(25)27/h4-12,16,22H,3,13-15H2,1-2H3,(H,24,28)/t16-,22+/m0/s1. The smallest absolute Gasteiger partial charge is 0.232 e. The van der Waals surface area contributed by atoms with Gasteiger partial charge in [-0.1, -0.05) is 62.7 Å². The van der Waals surface area contributed by atoms with E-state index in [9.17, 15) is 14.4 Å². The van der Waals surface area contributed by atoms with Crippen LogP contribution in [0.5, 0.6) is 0 Å². The van der Waals surface area contributed by atoms with Gasteiger partial charge < -0.3 is 5.32 Å². The molecular weight excluding hydrogens is 352 g/mol. The normalized spacial score (nSPS) is 16.1. The molecule has 2 atom stereocenters. The maximum absolute atomic E-state index is 13.0. The van der Waals surface area contributed by atoms with E-state index >= 15 is 0 Å². The molecule has 28 heavy (non-hydrogen) atoms. The summed E-state index contributed by atoms with van der Waals surface area (Å²) in [6.45, 7) is 4.46. The number of hydrogen-bond acceptors (Lipinski definition) is 3. The summed E-state index contributed by atoms with van der Waals surface area (Å²) in [5.74, 6) is -0.277. The summed E-state index contributed by atoms with van der Waals surface area (Å²) >= 11 is 0. The number of rotatable bonds is 7. The fraction of sp³-hybridized carbons (Fsp3) is 0.348. The number of nitrogens with zero attached hydrogens (tertiary/aromatic N) is 1. The van der Waals surface area contributed by atoms with Gasteiger partial charge >= 0.3 is 0 Å². The van der Waals surface area contributed by atoms with Crippen LogP contribution in [0.2, 0.25) is 0 Å². The molecule has 3 rings (SSSR count). The third kappa shape index (κ3) is 4.47. The number of hydrogen-bond donors (Lipinski definition) is 1. The van der Waals surface area contributed by atoms with Crippen LogP contribution in [0.3, 0.4) is 0 Å². The van der Waals surface area contributed by atoms with Crippen molar-refractivity contribution in [1.29, 1.82) is 0 Å². The Morgan fingerprint density at radius 3 is 2.18 bits per heavy atom. The molecule has 0 unspecified atom stereocenters. The SMILES string of the molecule is CC[C@H](C)[C@@H](C(=O)Nc1ccc(CN2C(=O)CCC2=O)cc1)c1ccccc1. The summed E-state index contributed by atoms with van der Waals surface area (Å²) in [6.07, 6.45) is 1.50. The van der Waals surface area contributed by atoms with E-state index in [1.165, 1.54) is 4.90 Å². The molecule has 146 valence electrons. The molecule has 2 aromatic carbocycles. The van der Waals surface area contributed by atoms with Gasteiger partial charge in [0.15, 0.2) is 0 Å². The predicted octanol–water partition coefficient (Wildman–Crippen LogP) is 4.10. The fourth-order valence-electron chi connectivity index (χ4n) is 3.53. The number of anilines is 1. The molecule has 1 fully saturated rings. The zero-order valence-corrected chi connectivity index (χ0v) is 16.4. The van der Waals surface area contributed by atoms with Gasteiger partial charge in [-0.15, -0.1) is 0 Å². The molecule has 0 bridgehead atoms. The Balaban J connectivity index is 1.69. The van der Waals surface area contributed by atoms with Crippen LogP contribution in [0.4, 0.5) is 5.69 Å². The molecule has 1 N–H and O–H groups in total. The average Bonchev–Trinajstić information content (AvgIpc) is 3.02. The molecule has 1 heterocycles. The van der Waals surface area contributed by atoms with Crippen molar-refractivity contribution in [2.45, 2.75) is 45.6 Å². The van der Waals surface area contributed by atoms with Crippen LogP contribution in [0.25, 0.3) is 0 Å². The second-order valence-electron chi connectivity index (χ2n) is 7.33. The molecule has 0 aliphatic carbocycles. The molecule has 3 amide bonds. The van der Waals surface area contributed by atoms with Gasteiger partial charge in [-0.3, -0.25) is 19.3 Å². The first-order valence-electron chi connectivity index (χ1n) is 9.77. The number of nitrogens with one attached hydrogen (secondary N) is 1. The summed E-state index contributed by atoms with van der Waals surface area (Å²) in [6, 6.07) is 17.1. The minimum absolute atomic E-state index is 0.0294. The second-order valence-corrected chi connectivity index (χ2v) is 7.33. The Bertz CT molecular complexity index is 830. The maximum atomic E-state index is 13.0. The number of carbonyl (C=O) groups excluding carboxylic acids is 3. The summed E-state index contributed by atoms with van der Waals surface area (Å²) < 4.78 is 0. The van der Waals surface area contributed by atoms with Gasteiger partial charge in [-0.05, 0) is 29.2 Å². The molecule has 0 saturated carbocycles. The molecule has 1 saturated heterocycles. The molecular formula is C23H26N2O3. The van der Waals surface area contributed by atoms with Crippen molar-refractivity contribution in [3.8, 4) is 0 Å². The highest BCUT2D eigenvalue weighted by atomic mass is 16.2. The van der Waals surface area contributed by atoms with Crippen molar-refractivity contribution >= 4 is 23.4 Å². The highest BCUT2D eigenvalue weighted by Crippen LogP contribution is 2.28. The van der Waals surface area contributed by atoms with Gasteiger partial charge in [0.05, 0.1) is 12.5 Å². The minimum Gasteiger partial charge on any atom is -0.326 e. The molecule has 5 nitrogen and oxygen atoms in total. The average molecular weight is 378 g/mol. The van der Waals surface area contributed by atoms with Gasteiger partial charge in [0.25, 0.3) is 0 Å². The molecule has 5 heteroatoms. The lowest BCUT2D eigenvalue weighted by molar-refractivity contribution is -0.139. The van der Waals surface area contributed by atoms with E-state index in [0.717, 1.165) is 17.5 Å². The van der Waals surface area contributed by atoms with Crippen LogP contribution >= 0.6 is 0 Å². The Morgan fingerprint density at radius 1 is 1.00 bits per heavy atom. The molecule has 0 spiro atoms. The first-order valence-corrected chi connectivity index (χ1v) is 9.77. The number of amides is 3. The van der Waals surface area contributed by atoms with Crippen molar-refractivity contribution in [3.05, 3.63) is 65.7 Å². The quantitative estimate of drug-likeness (QED) is 0.738. The topological polar surface area (TPSA) is 66.5 Å². The van der Waals surface area contributed by atoms with Crippen LogP contribution < -0.4 is 5.32 Å². The van der Waals surface area contributed by atoms with Gasteiger partial charge in [-0.2, -0.15) is 0 Å². The number of carbonyl (C=O) groups is 3. The van der Waals surface area contributed by atoms with Gasteiger partial charge in [0.1, 0.15) is 0 Å². The predicted molar refractivity (Wildman–Crippen MR) is 109 cm³/mol. The van der Waals surface area contributed by atoms with Crippen LogP contribution in [0.1, 0.15) is 50.2 Å². The Labute approximate surface area is 165 Å². The van der Waals surface area contributed by atoms with Crippen LogP contribution in [-0.4, -0.2) is 22.6 Å². The number of likely N-dealkylation sites (tertiary alicyclic amines) is 1. The first kappa shape index (κ1) is 19.8.